The molecule has 1 N–H and O–H groups in total. The summed E-state index contributed by atoms with van der Waals surface area (Å²) in [6.07, 6.45) is 1.67. The molecule has 0 aliphatic carbocycles. The number of nitriles is 1. The van der Waals surface area contributed by atoms with Crippen molar-refractivity contribution in [3.63, 3.8) is 0 Å². The fourth-order valence-corrected chi connectivity index (χ4v) is 1.98. The van der Waals surface area contributed by atoms with Crippen LogP contribution in [0.15, 0.2) is 48.5 Å². The van der Waals surface area contributed by atoms with E-state index in [1.165, 1.54) is 12.1 Å². The van der Waals surface area contributed by atoms with Crippen LogP contribution in [0.1, 0.15) is 21.5 Å². The average molecular weight is 284 g/mol. The third-order valence-corrected chi connectivity index (χ3v) is 3.08. The van der Waals surface area contributed by atoms with Crippen LogP contribution in [-0.4, -0.2) is 11.1 Å². The van der Waals surface area contributed by atoms with Crippen molar-refractivity contribution in [1.29, 1.82) is 5.26 Å². The molecule has 0 radical (unpaired) electrons. The first-order valence-electron chi connectivity index (χ1n) is 5.82. The van der Waals surface area contributed by atoms with Crippen LogP contribution in [0.5, 0.6) is 0 Å². The average Bonchev–Trinajstić information content (AvgIpc) is 2.46. The van der Waals surface area contributed by atoms with Gasteiger partial charge in [-0.3, -0.25) is 0 Å². The molecule has 98 valence electrons. The normalized spacial score (nSPS) is 10.9. The topological polar surface area (TPSA) is 61.1 Å². The Morgan fingerprint density at radius 2 is 1.80 bits per heavy atom. The highest BCUT2D eigenvalue weighted by molar-refractivity contribution is 6.32. The highest BCUT2D eigenvalue weighted by Crippen LogP contribution is 2.25. The Labute approximate surface area is 121 Å². The van der Waals surface area contributed by atoms with Gasteiger partial charge >= 0.3 is 5.97 Å². The molecule has 0 aromatic heterocycles. The number of aromatic carboxylic acids is 1. The predicted molar refractivity (Wildman–Crippen MR) is 78.3 cm³/mol. The number of allylic oxidation sites excluding steroid dienone is 1. The number of rotatable bonds is 3. The molecule has 3 nitrogen and oxygen atoms in total. The molecule has 0 fully saturated rings. The second-order valence-electron chi connectivity index (χ2n) is 4.08. The highest BCUT2D eigenvalue weighted by atomic mass is 35.5. The lowest BCUT2D eigenvalue weighted by Gasteiger charge is -2.02. The van der Waals surface area contributed by atoms with Gasteiger partial charge in [-0.15, -0.1) is 0 Å². The Bertz CT molecular complexity index is 712. The van der Waals surface area contributed by atoms with E-state index in [4.69, 9.17) is 16.7 Å². The molecule has 0 aliphatic rings. The van der Waals surface area contributed by atoms with E-state index in [1.54, 1.807) is 42.5 Å². The number of hydrogen-bond acceptors (Lipinski definition) is 2. The van der Waals surface area contributed by atoms with Crippen molar-refractivity contribution in [1.82, 2.24) is 0 Å². The minimum Gasteiger partial charge on any atom is -0.478 e. The quantitative estimate of drug-likeness (QED) is 0.681. The molecule has 0 unspecified atom stereocenters. The summed E-state index contributed by atoms with van der Waals surface area (Å²) in [5.41, 5.74) is 2.03. The van der Waals surface area contributed by atoms with Crippen LogP contribution in [0.4, 0.5) is 0 Å². The van der Waals surface area contributed by atoms with E-state index in [1.807, 2.05) is 0 Å². The van der Waals surface area contributed by atoms with E-state index in [2.05, 4.69) is 6.07 Å². The van der Waals surface area contributed by atoms with Crippen molar-refractivity contribution in [2.75, 3.05) is 0 Å². The van der Waals surface area contributed by atoms with Gasteiger partial charge in [-0.1, -0.05) is 41.9 Å². The number of hydrogen-bond donors (Lipinski definition) is 1. The van der Waals surface area contributed by atoms with Gasteiger partial charge in [-0.05, 0) is 29.8 Å². The van der Waals surface area contributed by atoms with Gasteiger partial charge in [0.25, 0.3) is 0 Å². The molecule has 0 aliphatic heterocycles. The summed E-state index contributed by atoms with van der Waals surface area (Å²) >= 11 is 6.06. The first-order chi connectivity index (χ1) is 9.61. The van der Waals surface area contributed by atoms with Gasteiger partial charge in [0.1, 0.15) is 0 Å². The maximum Gasteiger partial charge on any atom is 0.335 e. The molecule has 4 heteroatoms. The Morgan fingerprint density at radius 1 is 1.15 bits per heavy atom. The van der Waals surface area contributed by atoms with Crippen molar-refractivity contribution in [2.45, 2.75) is 0 Å². The summed E-state index contributed by atoms with van der Waals surface area (Å²) in [7, 11) is 0. The maximum absolute atomic E-state index is 10.8. The van der Waals surface area contributed by atoms with Crippen LogP contribution in [0.25, 0.3) is 11.6 Å². The number of carbonyl (C=O) groups is 1. The lowest BCUT2D eigenvalue weighted by molar-refractivity contribution is 0.0697. The van der Waals surface area contributed by atoms with E-state index in [9.17, 15) is 10.1 Å². The van der Waals surface area contributed by atoms with Gasteiger partial charge in [-0.25, -0.2) is 4.79 Å². The fourth-order valence-electron chi connectivity index (χ4n) is 1.74. The Morgan fingerprint density at radius 3 is 2.35 bits per heavy atom. The zero-order chi connectivity index (χ0) is 14.5. The SMILES string of the molecule is N#CC(=Cc1ccc(C(=O)O)cc1)c1ccccc1Cl. The zero-order valence-electron chi connectivity index (χ0n) is 10.4. The molecule has 20 heavy (non-hydrogen) atoms. The smallest absolute Gasteiger partial charge is 0.335 e. The summed E-state index contributed by atoms with van der Waals surface area (Å²) in [4.78, 5) is 10.8. The van der Waals surface area contributed by atoms with Crippen molar-refractivity contribution in [3.8, 4) is 6.07 Å². The van der Waals surface area contributed by atoms with Gasteiger partial charge in [0, 0.05) is 10.6 Å². The molecule has 0 spiro atoms. The van der Waals surface area contributed by atoms with Crippen LogP contribution in [0, 0.1) is 11.3 Å². The number of carboxylic acids is 1. The predicted octanol–water partition coefficient (Wildman–Crippen LogP) is 4.10. The molecular formula is C16H10ClNO2. The minimum atomic E-state index is -0.979. The number of benzene rings is 2. The van der Waals surface area contributed by atoms with E-state index in [0.717, 1.165) is 5.56 Å². The van der Waals surface area contributed by atoms with Gasteiger partial charge in [0.05, 0.1) is 17.2 Å². The lowest BCUT2D eigenvalue weighted by Crippen LogP contribution is -1.94. The van der Waals surface area contributed by atoms with E-state index >= 15 is 0 Å². The van der Waals surface area contributed by atoms with Crippen LogP contribution in [0.2, 0.25) is 5.02 Å². The second-order valence-corrected chi connectivity index (χ2v) is 4.48. The molecule has 2 rings (SSSR count). The van der Waals surface area contributed by atoms with Gasteiger partial charge in [0.2, 0.25) is 0 Å². The minimum absolute atomic E-state index is 0.207. The maximum atomic E-state index is 10.8. The van der Waals surface area contributed by atoms with E-state index in [-0.39, 0.29) is 5.56 Å². The first kappa shape index (κ1) is 13.9. The molecule has 2 aromatic rings. The third-order valence-electron chi connectivity index (χ3n) is 2.75. The van der Waals surface area contributed by atoms with Crippen molar-refractivity contribution in [3.05, 3.63) is 70.2 Å². The monoisotopic (exact) mass is 283 g/mol. The number of nitrogens with zero attached hydrogens (tertiary/aromatic N) is 1. The Kier molecular flexibility index (Phi) is 4.19. The van der Waals surface area contributed by atoms with Gasteiger partial charge < -0.3 is 5.11 Å². The Balaban J connectivity index is 2.40. The largest absolute Gasteiger partial charge is 0.478 e. The second kappa shape index (κ2) is 6.05. The summed E-state index contributed by atoms with van der Waals surface area (Å²) in [5.74, 6) is -0.979. The van der Waals surface area contributed by atoms with Crippen LogP contribution in [0.3, 0.4) is 0 Å². The van der Waals surface area contributed by atoms with Crippen molar-refractivity contribution >= 4 is 29.2 Å². The molecular weight excluding hydrogens is 274 g/mol. The third kappa shape index (κ3) is 3.05. The van der Waals surface area contributed by atoms with Crippen molar-refractivity contribution < 1.29 is 9.90 Å². The summed E-state index contributed by atoms with van der Waals surface area (Å²) < 4.78 is 0. The Hall–Kier alpha value is -2.57. The molecule has 0 amide bonds. The first-order valence-corrected chi connectivity index (χ1v) is 6.19. The summed E-state index contributed by atoms with van der Waals surface area (Å²) in [6.45, 7) is 0. The zero-order valence-corrected chi connectivity index (χ0v) is 11.1. The molecule has 0 heterocycles. The van der Waals surface area contributed by atoms with Gasteiger partial charge in [-0.2, -0.15) is 5.26 Å². The molecule has 0 saturated carbocycles. The van der Waals surface area contributed by atoms with E-state index in [0.29, 0.717) is 16.2 Å². The van der Waals surface area contributed by atoms with Crippen LogP contribution < -0.4 is 0 Å². The summed E-state index contributed by atoms with van der Waals surface area (Å²) in [6, 6.07) is 15.5. The number of halogens is 1. The summed E-state index contributed by atoms with van der Waals surface area (Å²) in [5, 5.41) is 18.6. The van der Waals surface area contributed by atoms with Crippen LogP contribution in [-0.2, 0) is 0 Å². The van der Waals surface area contributed by atoms with Crippen LogP contribution >= 0.6 is 11.6 Å². The lowest BCUT2D eigenvalue weighted by atomic mass is 10.0. The van der Waals surface area contributed by atoms with E-state index < -0.39 is 5.97 Å². The standard InChI is InChI=1S/C16H10ClNO2/c17-15-4-2-1-3-14(15)13(10-18)9-11-5-7-12(8-6-11)16(19)20/h1-9H,(H,19,20). The highest BCUT2D eigenvalue weighted by Gasteiger charge is 2.06. The van der Waals surface area contributed by atoms with Gasteiger partial charge in [0.15, 0.2) is 0 Å². The molecule has 0 bridgehead atoms. The molecule has 0 atom stereocenters. The molecule has 0 saturated heterocycles. The fraction of sp³-hybridized carbons (Fsp3) is 0. The van der Waals surface area contributed by atoms with Crippen molar-refractivity contribution in [2.24, 2.45) is 0 Å². The number of carboxylic acid groups (broad SMARTS) is 1. The molecule has 2 aromatic carbocycles.